The molecule has 0 spiro atoms. The first-order valence-corrected chi connectivity index (χ1v) is 10.1. The number of nitrogens with one attached hydrogen (secondary N) is 2. The Labute approximate surface area is 174 Å². The zero-order chi connectivity index (χ0) is 21.1. The molecule has 0 aliphatic rings. The van der Waals surface area contributed by atoms with Crippen LogP contribution in [0.2, 0.25) is 0 Å². The smallest absolute Gasteiger partial charge is 0.191 e. The summed E-state index contributed by atoms with van der Waals surface area (Å²) in [6, 6.07) is 14.5. The maximum atomic E-state index is 5.46. The Bertz CT molecular complexity index is 788. The summed E-state index contributed by atoms with van der Waals surface area (Å²) in [7, 11) is 5.09. The van der Waals surface area contributed by atoms with Crippen LogP contribution in [-0.2, 0) is 19.6 Å². The molecule has 158 valence electrons. The molecule has 0 aliphatic carbocycles. The molecular formula is C23H34N4O2. The lowest BCUT2D eigenvalue weighted by atomic mass is 10.1. The van der Waals surface area contributed by atoms with Gasteiger partial charge in [-0.2, -0.15) is 0 Å². The molecule has 2 aromatic rings. The molecule has 6 nitrogen and oxygen atoms in total. The number of aliphatic imine (C=N–C) groups is 1. The van der Waals surface area contributed by atoms with Crippen molar-refractivity contribution < 1.29 is 9.47 Å². The normalized spacial score (nSPS) is 11.4. The van der Waals surface area contributed by atoms with E-state index >= 15 is 0 Å². The molecule has 0 bridgehead atoms. The standard InChI is InChI=1S/C23H34N4O2/c1-6-27(7-2)17-19-10-8-9-18(13-19)15-25-23(24-3)26-16-20-11-12-21(28-4)14-22(20)29-5/h8-14H,6-7,15-17H2,1-5H3,(H2,24,25,26). The molecule has 2 rings (SSSR count). The third kappa shape index (κ3) is 6.98. The highest BCUT2D eigenvalue weighted by Gasteiger charge is 2.07. The van der Waals surface area contributed by atoms with E-state index < -0.39 is 0 Å². The zero-order valence-corrected chi connectivity index (χ0v) is 18.3. The monoisotopic (exact) mass is 398 g/mol. The fourth-order valence-electron chi connectivity index (χ4n) is 3.13. The Morgan fingerprint density at radius 1 is 0.931 bits per heavy atom. The van der Waals surface area contributed by atoms with Crippen LogP contribution < -0.4 is 20.1 Å². The molecule has 0 radical (unpaired) electrons. The molecule has 0 saturated heterocycles. The van der Waals surface area contributed by atoms with Crippen molar-refractivity contribution in [1.82, 2.24) is 15.5 Å². The second-order valence-corrected chi connectivity index (χ2v) is 6.74. The lowest BCUT2D eigenvalue weighted by Gasteiger charge is -2.18. The van der Waals surface area contributed by atoms with Crippen molar-refractivity contribution in [3.63, 3.8) is 0 Å². The fourth-order valence-corrected chi connectivity index (χ4v) is 3.13. The molecule has 0 unspecified atom stereocenters. The van der Waals surface area contributed by atoms with Crippen LogP contribution in [0.25, 0.3) is 0 Å². The van der Waals surface area contributed by atoms with Gasteiger partial charge in [-0.25, -0.2) is 0 Å². The van der Waals surface area contributed by atoms with E-state index in [1.807, 2.05) is 18.2 Å². The Morgan fingerprint density at radius 2 is 1.66 bits per heavy atom. The third-order valence-corrected chi connectivity index (χ3v) is 4.92. The number of hydrogen-bond donors (Lipinski definition) is 2. The summed E-state index contributed by atoms with van der Waals surface area (Å²) in [4.78, 5) is 6.74. The van der Waals surface area contributed by atoms with Gasteiger partial charge in [0.15, 0.2) is 5.96 Å². The molecule has 2 aromatic carbocycles. The van der Waals surface area contributed by atoms with Crippen molar-refractivity contribution in [1.29, 1.82) is 0 Å². The number of guanidine groups is 1. The van der Waals surface area contributed by atoms with Gasteiger partial charge in [-0.3, -0.25) is 9.89 Å². The molecule has 0 heterocycles. The maximum Gasteiger partial charge on any atom is 0.191 e. The largest absolute Gasteiger partial charge is 0.497 e. The molecular weight excluding hydrogens is 364 g/mol. The Kier molecular flexibility index (Phi) is 9.31. The first kappa shape index (κ1) is 22.6. The number of benzene rings is 2. The van der Waals surface area contributed by atoms with Gasteiger partial charge in [-0.1, -0.05) is 38.1 Å². The van der Waals surface area contributed by atoms with E-state index in [4.69, 9.17) is 9.47 Å². The van der Waals surface area contributed by atoms with E-state index in [0.29, 0.717) is 13.1 Å². The minimum atomic E-state index is 0.606. The second kappa shape index (κ2) is 12.0. The Balaban J connectivity index is 1.93. The lowest BCUT2D eigenvalue weighted by molar-refractivity contribution is 0.296. The van der Waals surface area contributed by atoms with Gasteiger partial charge in [0.25, 0.3) is 0 Å². The molecule has 0 aromatic heterocycles. The topological polar surface area (TPSA) is 58.1 Å². The van der Waals surface area contributed by atoms with Gasteiger partial charge in [-0.05, 0) is 36.3 Å². The molecule has 0 fully saturated rings. The van der Waals surface area contributed by atoms with Crippen LogP contribution in [-0.4, -0.2) is 45.2 Å². The molecule has 0 amide bonds. The number of ether oxygens (including phenoxy) is 2. The highest BCUT2D eigenvalue weighted by atomic mass is 16.5. The maximum absolute atomic E-state index is 5.46. The first-order chi connectivity index (χ1) is 14.1. The van der Waals surface area contributed by atoms with Crippen molar-refractivity contribution in [2.75, 3.05) is 34.4 Å². The molecule has 0 saturated carbocycles. The summed E-state index contributed by atoms with van der Waals surface area (Å²) in [5.74, 6) is 2.31. The van der Waals surface area contributed by atoms with Gasteiger partial charge in [0.05, 0.1) is 14.2 Å². The number of hydrogen-bond acceptors (Lipinski definition) is 4. The molecule has 2 N–H and O–H groups in total. The number of methoxy groups -OCH3 is 2. The van der Waals surface area contributed by atoms with Crippen LogP contribution in [0.5, 0.6) is 11.5 Å². The van der Waals surface area contributed by atoms with Gasteiger partial charge in [-0.15, -0.1) is 0 Å². The Hall–Kier alpha value is -2.73. The van der Waals surface area contributed by atoms with Crippen LogP contribution in [0.3, 0.4) is 0 Å². The summed E-state index contributed by atoms with van der Waals surface area (Å²) in [5.41, 5.74) is 3.61. The van der Waals surface area contributed by atoms with E-state index in [9.17, 15) is 0 Å². The van der Waals surface area contributed by atoms with E-state index in [0.717, 1.165) is 42.7 Å². The van der Waals surface area contributed by atoms with Crippen molar-refractivity contribution >= 4 is 5.96 Å². The minimum Gasteiger partial charge on any atom is -0.497 e. The first-order valence-electron chi connectivity index (χ1n) is 10.1. The van der Waals surface area contributed by atoms with Gasteiger partial charge in [0.2, 0.25) is 0 Å². The predicted molar refractivity (Wildman–Crippen MR) is 120 cm³/mol. The van der Waals surface area contributed by atoms with Crippen molar-refractivity contribution in [3.8, 4) is 11.5 Å². The van der Waals surface area contributed by atoms with E-state index in [1.165, 1.54) is 11.1 Å². The summed E-state index contributed by atoms with van der Waals surface area (Å²) in [5, 5.41) is 6.73. The summed E-state index contributed by atoms with van der Waals surface area (Å²) < 4.78 is 10.7. The van der Waals surface area contributed by atoms with Crippen LogP contribution in [0, 0.1) is 0 Å². The number of rotatable bonds is 10. The summed E-state index contributed by atoms with van der Waals surface area (Å²) >= 11 is 0. The average Bonchev–Trinajstić information content (AvgIpc) is 2.77. The van der Waals surface area contributed by atoms with Crippen LogP contribution >= 0.6 is 0 Å². The second-order valence-electron chi connectivity index (χ2n) is 6.74. The van der Waals surface area contributed by atoms with Gasteiger partial charge < -0.3 is 20.1 Å². The van der Waals surface area contributed by atoms with Gasteiger partial charge in [0.1, 0.15) is 11.5 Å². The molecule has 0 aliphatic heterocycles. The fraction of sp³-hybridized carbons (Fsp3) is 0.435. The van der Waals surface area contributed by atoms with Crippen molar-refractivity contribution in [3.05, 3.63) is 59.2 Å². The van der Waals surface area contributed by atoms with E-state index in [1.54, 1.807) is 21.3 Å². The molecule has 0 atom stereocenters. The van der Waals surface area contributed by atoms with Crippen LogP contribution in [0.4, 0.5) is 0 Å². The number of nitrogens with zero attached hydrogens (tertiary/aromatic N) is 2. The average molecular weight is 399 g/mol. The van der Waals surface area contributed by atoms with Crippen molar-refractivity contribution in [2.24, 2.45) is 4.99 Å². The minimum absolute atomic E-state index is 0.606. The van der Waals surface area contributed by atoms with E-state index in [-0.39, 0.29) is 0 Å². The molecule has 29 heavy (non-hydrogen) atoms. The van der Waals surface area contributed by atoms with Crippen LogP contribution in [0.1, 0.15) is 30.5 Å². The lowest BCUT2D eigenvalue weighted by Crippen LogP contribution is -2.36. The summed E-state index contributed by atoms with van der Waals surface area (Å²) in [6.45, 7) is 8.81. The zero-order valence-electron chi connectivity index (χ0n) is 18.3. The quantitative estimate of drug-likeness (QED) is 0.474. The van der Waals surface area contributed by atoms with Gasteiger partial charge in [0, 0.05) is 38.3 Å². The van der Waals surface area contributed by atoms with Crippen LogP contribution in [0.15, 0.2) is 47.5 Å². The van der Waals surface area contributed by atoms with E-state index in [2.05, 4.69) is 58.6 Å². The third-order valence-electron chi connectivity index (χ3n) is 4.92. The highest BCUT2D eigenvalue weighted by molar-refractivity contribution is 5.79. The predicted octanol–water partition coefficient (Wildman–Crippen LogP) is 3.41. The SMILES string of the molecule is CCN(CC)Cc1cccc(CNC(=NC)NCc2ccc(OC)cc2OC)c1. The van der Waals surface area contributed by atoms with Crippen molar-refractivity contribution in [2.45, 2.75) is 33.5 Å². The molecule has 6 heteroatoms. The Morgan fingerprint density at radius 3 is 2.31 bits per heavy atom. The van der Waals surface area contributed by atoms with Gasteiger partial charge >= 0.3 is 0 Å². The summed E-state index contributed by atoms with van der Waals surface area (Å²) in [6.07, 6.45) is 0. The highest BCUT2D eigenvalue weighted by Crippen LogP contribution is 2.24.